The van der Waals surface area contributed by atoms with E-state index in [1.54, 1.807) is 0 Å². The fourth-order valence-electron chi connectivity index (χ4n) is 1.59. The Morgan fingerprint density at radius 3 is 2.00 bits per heavy atom. The summed E-state index contributed by atoms with van der Waals surface area (Å²) in [5.41, 5.74) is 0.430. The second-order valence-electron chi connectivity index (χ2n) is 4.78. The number of hydrogen-bond acceptors (Lipinski definition) is 1. The molecular weight excluding hydrogens is 146 g/mol. The molecule has 1 heteroatoms. The quantitative estimate of drug-likeness (QED) is 0.670. The molecule has 0 aliphatic heterocycles. The van der Waals surface area contributed by atoms with Crippen LogP contribution >= 0.6 is 0 Å². The highest BCUT2D eigenvalue weighted by atomic mass is 14.9. The highest BCUT2D eigenvalue weighted by Crippen LogP contribution is 2.26. The second kappa shape index (κ2) is 4.86. The van der Waals surface area contributed by atoms with Gasteiger partial charge in [-0.05, 0) is 18.8 Å². The zero-order chi connectivity index (χ0) is 9.78. The fraction of sp³-hybridized carbons (Fsp3) is 1.00. The molecule has 0 aliphatic carbocycles. The van der Waals surface area contributed by atoms with Gasteiger partial charge < -0.3 is 5.32 Å². The molecule has 1 N–H and O–H groups in total. The van der Waals surface area contributed by atoms with Crippen LogP contribution in [0.1, 0.15) is 54.4 Å². The standard InChI is InChI=1S/C11H25N/c1-7-8-11(5,6)10(4)12-9(2)3/h9-10,12H,7-8H2,1-6H3. The molecule has 0 aromatic carbocycles. The fourth-order valence-corrected chi connectivity index (χ4v) is 1.59. The Hall–Kier alpha value is -0.0400. The van der Waals surface area contributed by atoms with E-state index in [1.807, 2.05) is 0 Å². The van der Waals surface area contributed by atoms with E-state index in [2.05, 4.69) is 46.9 Å². The maximum atomic E-state index is 3.57. The molecule has 0 rings (SSSR count). The van der Waals surface area contributed by atoms with E-state index >= 15 is 0 Å². The molecule has 0 aliphatic rings. The Morgan fingerprint density at radius 2 is 1.67 bits per heavy atom. The predicted molar refractivity (Wildman–Crippen MR) is 56.4 cm³/mol. The van der Waals surface area contributed by atoms with Crippen molar-refractivity contribution in [3.63, 3.8) is 0 Å². The van der Waals surface area contributed by atoms with Gasteiger partial charge in [-0.2, -0.15) is 0 Å². The van der Waals surface area contributed by atoms with Crippen molar-refractivity contribution in [2.75, 3.05) is 0 Å². The van der Waals surface area contributed by atoms with Crippen LogP contribution in [-0.4, -0.2) is 12.1 Å². The lowest BCUT2D eigenvalue weighted by Gasteiger charge is -2.33. The Bertz CT molecular complexity index is 116. The average molecular weight is 171 g/mol. The first kappa shape index (κ1) is 12.0. The molecule has 0 aromatic rings. The molecule has 1 atom stereocenters. The van der Waals surface area contributed by atoms with Crippen molar-refractivity contribution < 1.29 is 0 Å². The number of hydrogen-bond donors (Lipinski definition) is 1. The largest absolute Gasteiger partial charge is 0.312 e. The lowest BCUT2D eigenvalue weighted by molar-refractivity contribution is 0.224. The van der Waals surface area contributed by atoms with Gasteiger partial charge in [-0.1, -0.05) is 41.0 Å². The van der Waals surface area contributed by atoms with Gasteiger partial charge in [0.15, 0.2) is 0 Å². The maximum absolute atomic E-state index is 3.57. The molecule has 0 saturated heterocycles. The molecule has 0 saturated carbocycles. The third-order valence-corrected chi connectivity index (χ3v) is 2.65. The van der Waals surface area contributed by atoms with E-state index in [0.29, 0.717) is 17.5 Å². The maximum Gasteiger partial charge on any atom is 0.00922 e. The Labute approximate surface area is 77.9 Å². The minimum Gasteiger partial charge on any atom is -0.312 e. The summed E-state index contributed by atoms with van der Waals surface area (Å²) in [6, 6.07) is 1.20. The summed E-state index contributed by atoms with van der Waals surface area (Å²) in [4.78, 5) is 0. The van der Waals surface area contributed by atoms with Crippen molar-refractivity contribution in [3.8, 4) is 0 Å². The molecule has 0 aromatic heterocycles. The van der Waals surface area contributed by atoms with Gasteiger partial charge in [0.2, 0.25) is 0 Å². The highest BCUT2D eigenvalue weighted by Gasteiger charge is 2.24. The smallest absolute Gasteiger partial charge is 0.00922 e. The van der Waals surface area contributed by atoms with Crippen molar-refractivity contribution in [3.05, 3.63) is 0 Å². The molecule has 0 fully saturated rings. The van der Waals surface area contributed by atoms with Crippen molar-refractivity contribution in [2.45, 2.75) is 66.5 Å². The van der Waals surface area contributed by atoms with Crippen molar-refractivity contribution in [1.82, 2.24) is 5.32 Å². The first-order chi connectivity index (χ1) is 5.40. The van der Waals surface area contributed by atoms with Crippen LogP contribution in [0.15, 0.2) is 0 Å². The first-order valence-corrected chi connectivity index (χ1v) is 5.16. The minimum atomic E-state index is 0.430. The molecule has 0 radical (unpaired) electrons. The molecule has 74 valence electrons. The van der Waals surface area contributed by atoms with Crippen LogP contribution in [-0.2, 0) is 0 Å². The molecular formula is C11H25N. The van der Waals surface area contributed by atoms with Crippen LogP contribution in [0.3, 0.4) is 0 Å². The van der Waals surface area contributed by atoms with Gasteiger partial charge in [0.1, 0.15) is 0 Å². The molecule has 0 spiro atoms. The van der Waals surface area contributed by atoms with Crippen LogP contribution in [0.2, 0.25) is 0 Å². The van der Waals surface area contributed by atoms with Gasteiger partial charge in [-0.25, -0.2) is 0 Å². The lowest BCUT2D eigenvalue weighted by Crippen LogP contribution is -2.42. The molecule has 12 heavy (non-hydrogen) atoms. The van der Waals surface area contributed by atoms with Gasteiger partial charge in [0.05, 0.1) is 0 Å². The molecule has 1 unspecified atom stereocenters. The minimum absolute atomic E-state index is 0.430. The summed E-state index contributed by atoms with van der Waals surface area (Å²) in [5.74, 6) is 0. The van der Waals surface area contributed by atoms with Crippen LogP contribution in [0.25, 0.3) is 0 Å². The SMILES string of the molecule is CCCC(C)(C)C(C)NC(C)C. The van der Waals surface area contributed by atoms with E-state index < -0.39 is 0 Å². The van der Waals surface area contributed by atoms with Crippen LogP contribution in [0.5, 0.6) is 0 Å². The monoisotopic (exact) mass is 171 g/mol. The van der Waals surface area contributed by atoms with Gasteiger partial charge in [-0.3, -0.25) is 0 Å². The Morgan fingerprint density at radius 1 is 1.17 bits per heavy atom. The van der Waals surface area contributed by atoms with Crippen molar-refractivity contribution >= 4 is 0 Å². The summed E-state index contributed by atoms with van der Waals surface area (Å²) >= 11 is 0. The predicted octanol–water partition coefficient (Wildman–Crippen LogP) is 3.20. The van der Waals surface area contributed by atoms with Crippen LogP contribution in [0.4, 0.5) is 0 Å². The highest BCUT2D eigenvalue weighted by molar-refractivity contribution is 4.81. The zero-order valence-corrected chi connectivity index (χ0v) is 9.57. The summed E-state index contributed by atoms with van der Waals surface area (Å²) in [7, 11) is 0. The summed E-state index contributed by atoms with van der Waals surface area (Å²) in [6.45, 7) is 13.6. The van der Waals surface area contributed by atoms with E-state index in [0.717, 1.165) is 0 Å². The molecule has 0 amide bonds. The van der Waals surface area contributed by atoms with E-state index in [1.165, 1.54) is 12.8 Å². The van der Waals surface area contributed by atoms with Crippen LogP contribution < -0.4 is 5.32 Å². The zero-order valence-electron chi connectivity index (χ0n) is 9.57. The number of nitrogens with one attached hydrogen (secondary N) is 1. The van der Waals surface area contributed by atoms with Crippen molar-refractivity contribution in [1.29, 1.82) is 0 Å². The van der Waals surface area contributed by atoms with Crippen molar-refractivity contribution in [2.24, 2.45) is 5.41 Å². The van der Waals surface area contributed by atoms with Crippen LogP contribution in [0, 0.1) is 5.41 Å². The van der Waals surface area contributed by atoms with Gasteiger partial charge in [0.25, 0.3) is 0 Å². The van der Waals surface area contributed by atoms with E-state index in [-0.39, 0.29) is 0 Å². The molecule has 1 nitrogen and oxygen atoms in total. The van der Waals surface area contributed by atoms with Gasteiger partial charge in [0, 0.05) is 12.1 Å². The molecule has 0 bridgehead atoms. The third kappa shape index (κ3) is 4.10. The lowest BCUT2D eigenvalue weighted by atomic mass is 9.81. The first-order valence-electron chi connectivity index (χ1n) is 5.16. The van der Waals surface area contributed by atoms with E-state index in [9.17, 15) is 0 Å². The van der Waals surface area contributed by atoms with E-state index in [4.69, 9.17) is 0 Å². The Balaban J connectivity index is 3.96. The van der Waals surface area contributed by atoms with Gasteiger partial charge in [-0.15, -0.1) is 0 Å². The average Bonchev–Trinajstić information content (AvgIpc) is 1.85. The molecule has 0 heterocycles. The second-order valence-corrected chi connectivity index (χ2v) is 4.78. The summed E-state index contributed by atoms with van der Waals surface area (Å²) < 4.78 is 0. The summed E-state index contributed by atoms with van der Waals surface area (Å²) in [6.07, 6.45) is 2.57. The summed E-state index contributed by atoms with van der Waals surface area (Å²) in [5, 5.41) is 3.57. The topological polar surface area (TPSA) is 12.0 Å². The number of rotatable bonds is 5. The Kier molecular flexibility index (Phi) is 4.84. The third-order valence-electron chi connectivity index (χ3n) is 2.65. The normalized spacial score (nSPS) is 15.2. The van der Waals surface area contributed by atoms with Gasteiger partial charge >= 0.3 is 0 Å².